The topological polar surface area (TPSA) is 63.4 Å². The van der Waals surface area contributed by atoms with Crippen LogP contribution in [0.2, 0.25) is 0 Å². The van der Waals surface area contributed by atoms with Gasteiger partial charge in [-0.3, -0.25) is 14.5 Å². The van der Waals surface area contributed by atoms with E-state index in [9.17, 15) is 9.59 Å². The Bertz CT molecular complexity index is 1200. The van der Waals surface area contributed by atoms with Crippen LogP contribution in [-0.4, -0.2) is 28.2 Å². The minimum Gasteiger partial charge on any atom is -0.440 e. The molecule has 0 spiro atoms. The molecule has 0 unspecified atom stereocenters. The molecule has 2 fully saturated rings. The van der Waals surface area contributed by atoms with Gasteiger partial charge in [0.15, 0.2) is 5.58 Å². The maximum atomic E-state index is 13.6. The van der Waals surface area contributed by atoms with E-state index in [0.29, 0.717) is 18.9 Å². The highest BCUT2D eigenvalue weighted by Crippen LogP contribution is 2.58. The highest BCUT2D eigenvalue weighted by Gasteiger charge is 2.59. The Kier molecular flexibility index (Phi) is 4.63. The van der Waals surface area contributed by atoms with Crippen LogP contribution in [0.15, 0.2) is 65.1 Å². The molecule has 2 heterocycles. The molecule has 2 aromatic carbocycles. The number of rotatable bonds is 3. The first kappa shape index (κ1) is 20.7. The number of aromatic nitrogens is 1. The van der Waals surface area contributed by atoms with Crippen LogP contribution in [-0.2, 0) is 15.0 Å². The van der Waals surface area contributed by atoms with E-state index in [0.717, 1.165) is 29.5 Å². The number of imide groups is 1. The summed E-state index contributed by atoms with van der Waals surface area (Å²) in [4.78, 5) is 32.8. The van der Waals surface area contributed by atoms with Gasteiger partial charge < -0.3 is 4.42 Å². The van der Waals surface area contributed by atoms with Gasteiger partial charge in [-0.15, -0.1) is 0 Å². The maximum Gasteiger partial charge on any atom is 0.253 e. The van der Waals surface area contributed by atoms with Crippen molar-refractivity contribution in [3.8, 4) is 0 Å². The van der Waals surface area contributed by atoms with Crippen molar-refractivity contribution in [2.75, 3.05) is 6.54 Å². The normalized spacial score (nSPS) is 30.2. The monoisotopic (exact) mass is 428 g/mol. The number of hydrogen-bond acceptors (Lipinski definition) is 4. The van der Waals surface area contributed by atoms with Crippen LogP contribution in [0.3, 0.4) is 0 Å². The van der Waals surface area contributed by atoms with Gasteiger partial charge in [0.05, 0.1) is 0 Å². The van der Waals surface area contributed by atoms with Gasteiger partial charge in [-0.25, -0.2) is 4.98 Å². The summed E-state index contributed by atoms with van der Waals surface area (Å²) in [6.07, 6.45) is 5.46. The molecule has 3 aromatic rings. The number of carbonyl (C=O) groups is 2. The third-order valence-corrected chi connectivity index (χ3v) is 7.01. The zero-order valence-electron chi connectivity index (χ0n) is 18.8. The third-order valence-electron chi connectivity index (χ3n) is 7.01. The summed E-state index contributed by atoms with van der Waals surface area (Å²) in [6.45, 7) is 6.73. The zero-order chi connectivity index (χ0) is 22.6. The molecular weight excluding hydrogens is 400 g/mol. The lowest BCUT2D eigenvalue weighted by atomic mass is 9.52. The van der Waals surface area contributed by atoms with Crippen LogP contribution < -0.4 is 0 Å². The molecule has 1 aliphatic carbocycles. The fourth-order valence-corrected chi connectivity index (χ4v) is 6.26. The minimum absolute atomic E-state index is 0.0975. The molecule has 3 atom stereocenters. The van der Waals surface area contributed by atoms with Gasteiger partial charge in [-0.05, 0) is 48.4 Å². The second-order valence-electron chi connectivity index (χ2n) is 10.4. The number of benzene rings is 2. The Morgan fingerprint density at radius 2 is 1.66 bits per heavy atom. The Hall–Kier alpha value is -3.21. The molecule has 1 saturated carbocycles. The van der Waals surface area contributed by atoms with Gasteiger partial charge in [-0.1, -0.05) is 63.2 Å². The summed E-state index contributed by atoms with van der Waals surface area (Å²) in [6, 6.07) is 17.4. The number of oxazole rings is 1. The van der Waals surface area contributed by atoms with Crippen molar-refractivity contribution in [3.63, 3.8) is 0 Å². The molecule has 1 saturated heterocycles. The quantitative estimate of drug-likeness (QED) is 0.527. The van der Waals surface area contributed by atoms with Crippen molar-refractivity contribution in [2.24, 2.45) is 10.8 Å². The van der Waals surface area contributed by atoms with Gasteiger partial charge in [0.25, 0.3) is 5.91 Å². The molecule has 5 rings (SSSR count). The molecular formula is C27H28N2O3. The second-order valence-corrected chi connectivity index (χ2v) is 10.4. The molecule has 5 nitrogen and oxygen atoms in total. The largest absolute Gasteiger partial charge is 0.440 e. The maximum absolute atomic E-state index is 13.6. The van der Waals surface area contributed by atoms with E-state index >= 15 is 0 Å². The number of para-hydroxylation sites is 2. The van der Waals surface area contributed by atoms with E-state index in [4.69, 9.17) is 9.40 Å². The predicted octanol–water partition coefficient (Wildman–Crippen LogP) is 5.36. The average Bonchev–Trinajstić information content (AvgIpc) is 3.20. The molecule has 2 aliphatic rings. The summed E-state index contributed by atoms with van der Waals surface area (Å²) in [5.74, 6) is 0.341. The van der Waals surface area contributed by atoms with Crippen LogP contribution in [0.5, 0.6) is 0 Å². The van der Waals surface area contributed by atoms with Crippen molar-refractivity contribution in [2.45, 2.75) is 45.4 Å². The molecule has 32 heavy (non-hydrogen) atoms. The van der Waals surface area contributed by atoms with E-state index in [-0.39, 0.29) is 22.6 Å². The number of piperidine rings is 1. The molecule has 2 bridgehead atoms. The Morgan fingerprint density at radius 1 is 0.969 bits per heavy atom. The smallest absolute Gasteiger partial charge is 0.253 e. The average molecular weight is 429 g/mol. The summed E-state index contributed by atoms with van der Waals surface area (Å²) in [5.41, 5.74) is 1.33. The molecule has 0 N–H and O–H groups in total. The first-order valence-corrected chi connectivity index (χ1v) is 11.2. The molecule has 1 aliphatic heterocycles. The van der Waals surface area contributed by atoms with Crippen molar-refractivity contribution in [1.82, 2.24) is 9.88 Å². The highest BCUT2D eigenvalue weighted by molar-refractivity contribution is 6.05. The molecule has 0 radical (unpaired) electrons. The third kappa shape index (κ3) is 3.46. The van der Waals surface area contributed by atoms with E-state index in [1.54, 1.807) is 6.08 Å². The number of carbonyl (C=O) groups excluding carboxylic acids is 2. The lowest BCUT2D eigenvalue weighted by Crippen LogP contribution is -2.62. The van der Waals surface area contributed by atoms with Gasteiger partial charge in [-0.2, -0.15) is 0 Å². The van der Waals surface area contributed by atoms with Crippen molar-refractivity contribution >= 4 is 29.0 Å². The van der Waals surface area contributed by atoms with Gasteiger partial charge in [0.1, 0.15) is 5.52 Å². The van der Waals surface area contributed by atoms with E-state index in [1.165, 1.54) is 11.0 Å². The van der Waals surface area contributed by atoms with Crippen molar-refractivity contribution in [3.05, 3.63) is 72.1 Å². The van der Waals surface area contributed by atoms with Crippen LogP contribution >= 0.6 is 0 Å². The lowest BCUT2D eigenvalue weighted by molar-refractivity contribution is -0.166. The SMILES string of the molecule is C[C@]12CN(C(=O)/C=C/c3ccccc3)C(=O)[C@](C)(C1)C[C@@](C)(c1nc3ccccc3o1)C2. The molecule has 1 aromatic heterocycles. The van der Waals surface area contributed by atoms with Crippen LogP contribution in [0.4, 0.5) is 0 Å². The Balaban J connectivity index is 1.44. The first-order valence-electron chi connectivity index (χ1n) is 11.2. The number of nitrogens with zero attached hydrogens (tertiary/aromatic N) is 2. The molecule has 2 amide bonds. The van der Waals surface area contributed by atoms with E-state index < -0.39 is 5.41 Å². The number of amides is 2. The number of hydrogen-bond donors (Lipinski definition) is 0. The van der Waals surface area contributed by atoms with Crippen molar-refractivity contribution in [1.29, 1.82) is 0 Å². The first-order chi connectivity index (χ1) is 15.2. The molecule has 5 heteroatoms. The minimum atomic E-state index is -0.642. The number of likely N-dealkylation sites (tertiary alicyclic amines) is 1. The van der Waals surface area contributed by atoms with Crippen LogP contribution in [0, 0.1) is 10.8 Å². The summed E-state index contributed by atoms with van der Waals surface area (Å²) >= 11 is 0. The zero-order valence-corrected chi connectivity index (χ0v) is 18.8. The Morgan fingerprint density at radius 3 is 2.41 bits per heavy atom. The summed E-state index contributed by atoms with van der Waals surface area (Å²) < 4.78 is 6.15. The van der Waals surface area contributed by atoms with E-state index in [2.05, 4.69) is 13.8 Å². The van der Waals surface area contributed by atoms with E-state index in [1.807, 2.05) is 61.5 Å². The highest BCUT2D eigenvalue weighted by atomic mass is 16.3. The standard InChI is InChI=1S/C27H28N2O3/c1-25-15-26(2,23-28-20-11-7-8-12-21(20)32-23)17-27(3,16-25)24(31)29(18-25)22(30)14-13-19-9-5-4-6-10-19/h4-14H,15-18H2,1-3H3/b14-13+/t25-,26+,27-/m1/s1. The van der Waals surface area contributed by atoms with Crippen LogP contribution in [0.25, 0.3) is 17.2 Å². The number of fused-ring (bicyclic) bond motifs is 3. The van der Waals surface area contributed by atoms with Gasteiger partial charge in [0, 0.05) is 23.5 Å². The lowest BCUT2D eigenvalue weighted by Gasteiger charge is -2.56. The van der Waals surface area contributed by atoms with Gasteiger partial charge in [0.2, 0.25) is 11.8 Å². The van der Waals surface area contributed by atoms with Gasteiger partial charge >= 0.3 is 0 Å². The predicted molar refractivity (Wildman–Crippen MR) is 124 cm³/mol. The fourth-order valence-electron chi connectivity index (χ4n) is 6.26. The fraction of sp³-hybridized carbons (Fsp3) is 0.370. The summed E-state index contributed by atoms with van der Waals surface area (Å²) in [5, 5.41) is 0. The molecule has 164 valence electrons. The van der Waals surface area contributed by atoms with Crippen LogP contribution in [0.1, 0.15) is 51.5 Å². The second kappa shape index (κ2) is 7.16. The van der Waals surface area contributed by atoms with Crippen molar-refractivity contribution < 1.29 is 14.0 Å². The summed E-state index contributed by atoms with van der Waals surface area (Å²) in [7, 11) is 0. The Labute approximate surface area is 188 Å².